The lowest BCUT2D eigenvalue weighted by Crippen LogP contribution is -2.35. The summed E-state index contributed by atoms with van der Waals surface area (Å²) in [5.41, 5.74) is 0. The minimum absolute atomic E-state index is 0.129. The molecule has 1 atom stereocenters. The Balaban J connectivity index is 1.53. The molecule has 0 spiro atoms. The Kier molecular flexibility index (Phi) is 6.23. The quantitative estimate of drug-likeness (QED) is 0.713. The second-order valence-corrected chi connectivity index (χ2v) is 6.38. The first-order valence-electron chi connectivity index (χ1n) is 7.33. The first-order valence-corrected chi connectivity index (χ1v) is 8.48. The van der Waals surface area contributed by atoms with Crippen LogP contribution < -0.4 is 14.8 Å². The highest BCUT2D eigenvalue weighted by Gasteiger charge is 2.28. The van der Waals surface area contributed by atoms with Crippen LogP contribution in [0.5, 0.6) is 11.5 Å². The Morgan fingerprint density at radius 2 is 2.00 bits per heavy atom. The Labute approximate surface area is 130 Å². The van der Waals surface area contributed by atoms with Gasteiger partial charge in [0.15, 0.2) is 0 Å². The molecule has 1 aliphatic rings. The number of ether oxygens (including phenoxy) is 2. The van der Waals surface area contributed by atoms with Crippen molar-refractivity contribution in [2.75, 3.05) is 25.2 Å². The summed E-state index contributed by atoms with van der Waals surface area (Å²) in [7, 11) is 1.64. The summed E-state index contributed by atoms with van der Waals surface area (Å²) < 4.78 is 10.7. The van der Waals surface area contributed by atoms with Crippen LogP contribution in [0, 0.1) is 5.92 Å². The first kappa shape index (κ1) is 16.0. The highest BCUT2D eigenvalue weighted by atomic mass is 32.2. The fourth-order valence-electron chi connectivity index (χ4n) is 2.06. The van der Waals surface area contributed by atoms with Crippen molar-refractivity contribution in [2.45, 2.75) is 25.8 Å². The van der Waals surface area contributed by atoms with Gasteiger partial charge in [-0.3, -0.25) is 4.79 Å². The summed E-state index contributed by atoms with van der Waals surface area (Å²) >= 11 is 1.60. The largest absolute Gasteiger partial charge is 0.497 e. The lowest BCUT2D eigenvalue weighted by atomic mass is 10.2. The van der Waals surface area contributed by atoms with Crippen LogP contribution in [0.25, 0.3) is 0 Å². The second kappa shape index (κ2) is 8.17. The summed E-state index contributed by atoms with van der Waals surface area (Å²) in [4.78, 5) is 11.7. The smallest absolute Gasteiger partial charge is 0.230 e. The predicted octanol–water partition coefficient (Wildman–Crippen LogP) is 2.72. The van der Waals surface area contributed by atoms with Gasteiger partial charge >= 0.3 is 0 Å². The molecule has 0 saturated heterocycles. The highest BCUT2D eigenvalue weighted by molar-refractivity contribution is 7.99. The zero-order chi connectivity index (χ0) is 15.1. The number of amides is 1. The van der Waals surface area contributed by atoms with Crippen molar-refractivity contribution in [3.05, 3.63) is 24.3 Å². The number of rotatable bonds is 9. The van der Waals surface area contributed by atoms with Crippen LogP contribution in [0.1, 0.15) is 19.8 Å². The molecule has 0 unspecified atom stereocenters. The summed E-state index contributed by atoms with van der Waals surface area (Å²) in [5.74, 6) is 3.78. The molecular weight excluding hydrogens is 286 g/mol. The van der Waals surface area contributed by atoms with Gasteiger partial charge in [-0.1, -0.05) is 0 Å². The third-order valence-corrected chi connectivity index (χ3v) is 4.43. The van der Waals surface area contributed by atoms with Crippen LogP contribution in [-0.2, 0) is 4.79 Å². The van der Waals surface area contributed by atoms with Gasteiger partial charge in [0.1, 0.15) is 11.5 Å². The van der Waals surface area contributed by atoms with Crippen LogP contribution in [-0.4, -0.2) is 37.2 Å². The molecule has 5 heteroatoms. The van der Waals surface area contributed by atoms with Gasteiger partial charge in [0.2, 0.25) is 5.91 Å². The Bertz CT molecular complexity index is 445. The maximum Gasteiger partial charge on any atom is 0.230 e. The first-order chi connectivity index (χ1) is 10.2. The molecule has 1 fully saturated rings. The lowest BCUT2D eigenvalue weighted by Gasteiger charge is -2.12. The molecule has 1 amide bonds. The molecule has 1 aromatic carbocycles. The standard InChI is InChI=1S/C16H23NO3S/c1-12(13-3-4-13)17-16(18)11-21-10-9-20-15-7-5-14(19-2)6-8-15/h5-8,12-13H,3-4,9-11H2,1-2H3,(H,17,18)/t12-/m1/s1. The monoisotopic (exact) mass is 309 g/mol. The lowest BCUT2D eigenvalue weighted by molar-refractivity contribution is -0.119. The number of carbonyl (C=O) groups is 1. The molecule has 21 heavy (non-hydrogen) atoms. The number of benzene rings is 1. The van der Waals surface area contributed by atoms with E-state index < -0.39 is 0 Å². The van der Waals surface area contributed by atoms with E-state index in [1.54, 1.807) is 18.9 Å². The minimum atomic E-state index is 0.129. The molecule has 0 aliphatic heterocycles. The average molecular weight is 309 g/mol. The highest BCUT2D eigenvalue weighted by Crippen LogP contribution is 2.32. The molecule has 0 aromatic heterocycles. The molecule has 0 radical (unpaired) electrons. The van der Waals surface area contributed by atoms with Gasteiger partial charge < -0.3 is 14.8 Å². The summed E-state index contributed by atoms with van der Waals surface area (Å²) in [6.45, 7) is 2.69. The van der Waals surface area contributed by atoms with Crippen LogP contribution in [0.3, 0.4) is 0 Å². The van der Waals surface area contributed by atoms with Crippen molar-refractivity contribution in [3.63, 3.8) is 0 Å². The molecule has 116 valence electrons. The predicted molar refractivity (Wildman–Crippen MR) is 86.1 cm³/mol. The summed E-state index contributed by atoms with van der Waals surface area (Å²) in [6, 6.07) is 7.83. The van der Waals surface area contributed by atoms with Gasteiger partial charge in [0.25, 0.3) is 0 Å². The number of thioether (sulfide) groups is 1. The topological polar surface area (TPSA) is 47.6 Å². The van der Waals surface area contributed by atoms with Crippen LogP contribution in [0.15, 0.2) is 24.3 Å². The molecule has 0 bridgehead atoms. The fourth-order valence-corrected chi connectivity index (χ4v) is 2.68. The van der Waals surface area contributed by atoms with Crippen molar-refractivity contribution >= 4 is 17.7 Å². The SMILES string of the molecule is COc1ccc(OCCSCC(=O)N[C@H](C)C2CC2)cc1. The summed E-state index contributed by atoms with van der Waals surface area (Å²) in [5, 5.41) is 3.05. The second-order valence-electron chi connectivity index (χ2n) is 5.27. The molecule has 0 heterocycles. The van der Waals surface area contributed by atoms with E-state index in [1.807, 2.05) is 24.3 Å². The average Bonchev–Trinajstić information content (AvgIpc) is 3.32. The van der Waals surface area contributed by atoms with Crippen molar-refractivity contribution in [2.24, 2.45) is 5.92 Å². The zero-order valence-electron chi connectivity index (χ0n) is 12.6. The maximum atomic E-state index is 11.7. The van der Waals surface area contributed by atoms with Crippen molar-refractivity contribution in [3.8, 4) is 11.5 Å². The Morgan fingerprint density at radius 3 is 2.62 bits per heavy atom. The third-order valence-electron chi connectivity index (χ3n) is 3.51. The zero-order valence-corrected chi connectivity index (χ0v) is 13.4. The Hall–Kier alpha value is -1.36. The van der Waals surface area contributed by atoms with Gasteiger partial charge in [-0.15, -0.1) is 11.8 Å². The Morgan fingerprint density at radius 1 is 1.33 bits per heavy atom. The third kappa shape index (κ3) is 5.87. The van der Waals surface area contributed by atoms with Gasteiger partial charge in [-0.25, -0.2) is 0 Å². The van der Waals surface area contributed by atoms with Crippen LogP contribution in [0.4, 0.5) is 0 Å². The van der Waals surface area contributed by atoms with Gasteiger partial charge in [-0.05, 0) is 49.9 Å². The van der Waals surface area contributed by atoms with Crippen molar-refractivity contribution in [1.29, 1.82) is 0 Å². The summed E-state index contributed by atoms with van der Waals surface area (Å²) in [6.07, 6.45) is 2.51. The van der Waals surface area contributed by atoms with Crippen LogP contribution in [0.2, 0.25) is 0 Å². The van der Waals surface area contributed by atoms with Crippen molar-refractivity contribution in [1.82, 2.24) is 5.32 Å². The van der Waals surface area contributed by atoms with E-state index >= 15 is 0 Å². The number of hydrogen-bond donors (Lipinski definition) is 1. The van der Waals surface area contributed by atoms with E-state index in [2.05, 4.69) is 12.2 Å². The van der Waals surface area contributed by atoms with E-state index in [0.29, 0.717) is 24.3 Å². The van der Waals surface area contributed by atoms with E-state index in [0.717, 1.165) is 17.3 Å². The number of nitrogens with one attached hydrogen (secondary N) is 1. The molecule has 1 aliphatic carbocycles. The number of hydrogen-bond acceptors (Lipinski definition) is 4. The molecule has 1 aromatic rings. The maximum absolute atomic E-state index is 11.7. The van der Waals surface area contributed by atoms with Crippen LogP contribution >= 0.6 is 11.8 Å². The molecular formula is C16H23NO3S. The fraction of sp³-hybridized carbons (Fsp3) is 0.562. The molecule has 4 nitrogen and oxygen atoms in total. The molecule has 2 rings (SSSR count). The van der Waals surface area contributed by atoms with Gasteiger partial charge in [0, 0.05) is 11.8 Å². The normalized spacial score (nSPS) is 15.3. The van der Waals surface area contributed by atoms with Gasteiger partial charge in [0.05, 0.1) is 19.5 Å². The van der Waals surface area contributed by atoms with Crippen molar-refractivity contribution < 1.29 is 14.3 Å². The van der Waals surface area contributed by atoms with E-state index in [4.69, 9.17) is 9.47 Å². The van der Waals surface area contributed by atoms with Gasteiger partial charge in [-0.2, -0.15) is 0 Å². The molecule has 1 N–H and O–H groups in total. The van der Waals surface area contributed by atoms with E-state index in [9.17, 15) is 4.79 Å². The number of carbonyl (C=O) groups excluding carboxylic acids is 1. The van der Waals surface area contributed by atoms with E-state index in [-0.39, 0.29) is 5.91 Å². The number of methoxy groups -OCH3 is 1. The molecule has 1 saturated carbocycles. The minimum Gasteiger partial charge on any atom is -0.497 e. The van der Waals surface area contributed by atoms with E-state index in [1.165, 1.54) is 12.8 Å².